The number of carbonyl (C=O) groups is 1. The number of aryl methyl sites for hydroxylation is 1. The molecule has 0 unspecified atom stereocenters. The van der Waals surface area contributed by atoms with E-state index in [1.165, 1.54) is 5.56 Å². The summed E-state index contributed by atoms with van der Waals surface area (Å²) in [6.45, 7) is 2.16. The molecule has 1 aliphatic carbocycles. The smallest absolute Gasteiger partial charge is 0.251 e. The Morgan fingerprint density at radius 3 is 2.35 bits per heavy atom. The highest BCUT2D eigenvalue weighted by atomic mass is 35.5. The Bertz CT molecular complexity index is 411. The van der Waals surface area contributed by atoms with Crippen molar-refractivity contribution in [2.75, 3.05) is 0 Å². The van der Waals surface area contributed by atoms with Gasteiger partial charge in [-0.05, 0) is 49.8 Å². The summed E-state index contributed by atoms with van der Waals surface area (Å²) >= 11 is 0. The zero-order chi connectivity index (χ0) is 13.7. The van der Waals surface area contributed by atoms with Crippen LogP contribution in [0.3, 0.4) is 0 Å². The zero-order valence-corrected chi connectivity index (χ0v) is 12.9. The Labute approximate surface area is 127 Å². The van der Waals surface area contributed by atoms with Crippen molar-refractivity contribution in [3.8, 4) is 0 Å². The second kappa shape index (κ2) is 8.28. The van der Waals surface area contributed by atoms with Crippen LogP contribution < -0.4 is 11.1 Å². The molecule has 0 atom stereocenters. The number of nitrogens with one attached hydrogen (secondary N) is 1. The Balaban J connectivity index is 0.00000200. The van der Waals surface area contributed by atoms with Gasteiger partial charge >= 0.3 is 0 Å². The first-order valence-corrected chi connectivity index (χ1v) is 7.34. The van der Waals surface area contributed by atoms with Gasteiger partial charge in [0.15, 0.2) is 0 Å². The zero-order valence-electron chi connectivity index (χ0n) is 12.1. The molecule has 2 rings (SSSR count). The van der Waals surface area contributed by atoms with Crippen molar-refractivity contribution in [2.24, 2.45) is 5.73 Å². The lowest BCUT2D eigenvalue weighted by atomic mass is 9.91. The van der Waals surface area contributed by atoms with Crippen molar-refractivity contribution in [3.63, 3.8) is 0 Å². The molecule has 1 fully saturated rings. The predicted octanol–water partition coefficient (Wildman–Crippen LogP) is 3.06. The summed E-state index contributed by atoms with van der Waals surface area (Å²) in [7, 11) is 0. The maximum Gasteiger partial charge on any atom is 0.251 e. The van der Waals surface area contributed by atoms with Gasteiger partial charge in [-0.2, -0.15) is 0 Å². The molecule has 0 saturated heterocycles. The van der Waals surface area contributed by atoms with Crippen LogP contribution >= 0.6 is 12.4 Å². The van der Waals surface area contributed by atoms with E-state index in [1.54, 1.807) is 0 Å². The highest BCUT2D eigenvalue weighted by molar-refractivity contribution is 5.94. The molecule has 0 spiro atoms. The number of hydrogen-bond acceptors (Lipinski definition) is 2. The minimum absolute atomic E-state index is 0. The average Bonchev–Trinajstić information content (AvgIpc) is 2.42. The molecule has 1 aromatic carbocycles. The third kappa shape index (κ3) is 4.80. The Morgan fingerprint density at radius 2 is 1.80 bits per heavy atom. The van der Waals surface area contributed by atoms with Gasteiger partial charge in [0, 0.05) is 17.6 Å². The van der Waals surface area contributed by atoms with Crippen molar-refractivity contribution in [1.29, 1.82) is 0 Å². The highest BCUT2D eigenvalue weighted by Crippen LogP contribution is 2.17. The Kier molecular flexibility index (Phi) is 7.03. The Morgan fingerprint density at radius 1 is 1.20 bits per heavy atom. The van der Waals surface area contributed by atoms with E-state index >= 15 is 0 Å². The fourth-order valence-corrected chi connectivity index (χ4v) is 2.64. The molecule has 0 aromatic heterocycles. The standard InChI is InChI=1S/C16H24N2O.ClH/c1-2-3-12-4-6-13(7-5-12)16(19)18-15-10-8-14(17)9-11-15;/h4-7,14-15H,2-3,8-11,17H2,1H3,(H,18,19);1H. The van der Waals surface area contributed by atoms with Crippen LogP contribution in [-0.4, -0.2) is 18.0 Å². The van der Waals surface area contributed by atoms with Crippen molar-refractivity contribution < 1.29 is 4.79 Å². The summed E-state index contributed by atoms with van der Waals surface area (Å²) in [4.78, 5) is 12.1. The van der Waals surface area contributed by atoms with Crippen molar-refractivity contribution in [1.82, 2.24) is 5.32 Å². The minimum Gasteiger partial charge on any atom is -0.349 e. The first-order valence-electron chi connectivity index (χ1n) is 7.34. The van der Waals surface area contributed by atoms with E-state index in [2.05, 4.69) is 24.4 Å². The molecule has 112 valence electrons. The topological polar surface area (TPSA) is 55.1 Å². The Hall–Kier alpha value is -1.06. The van der Waals surface area contributed by atoms with E-state index in [-0.39, 0.29) is 18.3 Å². The van der Waals surface area contributed by atoms with E-state index in [4.69, 9.17) is 5.73 Å². The lowest BCUT2D eigenvalue weighted by molar-refractivity contribution is 0.0926. The van der Waals surface area contributed by atoms with Gasteiger partial charge in [-0.15, -0.1) is 12.4 Å². The van der Waals surface area contributed by atoms with E-state index in [0.717, 1.165) is 44.1 Å². The molecule has 4 heteroatoms. The number of hydrogen-bond donors (Lipinski definition) is 2. The maximum atomic E-state index is 12.1. The van der Waals surface area contributed by atoms with E-state index in [0.29, 0.717) is 12.1 Å². The fraction of sp³-hybridized carbons (Fsp3) is 0.562. The highest BCUT2D eigenvalue weighted by Gasteiger charge is 2.20. The summed E-state index contributed by atoms with van der Waals surface area (Å²) in [6.07, 6.45) is 6.23. The molecule has 3 N–H and O–H groups in total. The normalized spacial score (nSPS) is 21.9. The molecule has 0 heterocycles. The van der Waals surface area contributed by atoms with Crippen LogP contribution in [0.25, 0.3) is 0 Å². The summed E-state index contributed by atoms with van der Waals surface area (Å²) in [5.74, 6) is 0.0449. The largest absolute Gasteiger partial charge is 0.349 e. The van der Waals surface area contributed by atoms with Gasteiger partial charge in [0.25, 0.3) is 5.91 Å². The molecule has 1 saturated carbocycles. The third-order valence-corrected chi connectivity index (χ3v) is 3.86. The lowest BCUT2D eigenvalue weighted by Gasteiger charge is -2.26. The maximum absolute atomic E-state index is 12.1. The minimum atomic E-state index is 0. The molecule has 0 bridgehead atoms. The van der Waals surface area contributed by atoms with Crippen LogP contribution in [-0.2, 0) is 6.42 Å². The van der Waals surface area contributed by atoms with Gasteiger partial charge in [0.05, 0.1) is 0 Å². The van der Waals surface area contributed by atoms with Gasteiger partial charge in [-0.3, -0.25) is 4.79 Å². The summed E-state index contributed by atoms with van der Waals surface area (Å²) in [6, 6.07) is 8.57. The summed E-state index contributed by atoms with van der Waals surface area (Å²) < 4.78 is 0. The van der Waals surface area contributed by atoms with Gasteiger partial charge in [-0.1, -0.05) is 25.5 Å². The number of carbonyl (C=O) groups excluding carboxylic acids is 1. The second-order valence-electron chi connectivity index (χ2n) is 5.53. The molecule has 20 heavy (non-hydrogen) atoms. The molecular formula is C16H25ClN2O. The number of benzene rings is 1. The first kappa shape index (κ1) is 17.0. The summed E-state index contributed by atoms with van der Waals surface area (Å²) in [5, 5.41) is 3.11. The number of rotatable bonds is 4. The van der Waals surface area contributed by atoms with Crippen LogP contribution in [0, 0.1) is 0 Å². The number of nitrogens with two attached hydrogens (primary N) is 1. The van der Waals surface area contributed by atoms with Crippen LogP contribution in [0.2, 0.25) is 0 Å². The van der Waals surface area contributed by atoms with Crippen LogP contribution in [0.4, 0.5) is 0 Å². The van der Waals surface area contributed by atoms with Crippen LogP contribution in [0.1, 0.15) is 54.9 Å². The second-order valence-corrected chi connectivity index (χ2v) is 5.53. The van der Waals surface area contributed by atoms with Gasteiger partial charge in [0.2, 0.25) is 0 Å². The quantitative estimate of drug-likeness (QED) is 0.897. The number of halogens is 1. The van der Waals surface area contributed by atoms with Gasteiger partial charge in [-0.25, -0.2) is 0 Å². The third-order valence-electron chi connectivity index (χ3n) is 3.86. The van der Waals surface area contributed by atoms with Crippen molar-refractivity contribution in [3.05, 3.63) is 35.4 Å². The fourth-order valence-electron chi connectivity index (χ4n) is 2.64. The average molecular weight is 297 g/mol. The molecule has 1 aliphatic rings. The van der Waals surface area contributed by atoms with Gasteiger partial charge in [0.1, 0.15) is 0 Å². The molecular weight excluding hydrogens is 272 g/mol. The van der Waals surface area contributed by atoms with Crippen molar-refractivity contribution >= 4 is 18.3 Å². The lowest BCUT2D eigenvalue weighted by Crippen LogP contribution is -2.40. The van der Waals surface area contributed by atoms with E-state index < -0.39 is 0 Å². The van der Waals surface area contributed by atoms with Crippen LogP contribution in [0.15, 0.2) is 24.3 Å². The van der Waals surface area contributed by atoms with E-state index in [9.17, 15) is 4.79 Å². The predicted molar refractivity (Wildman–Crippen MR) is 85.4 cm³/mol. The summed E-state index contributed by atoms with van der Waals surface area (Å²) in [5.41, 5.74) is 7.92. The van der Waals surface area contributed by atoms with E-state index in [1.807, 2.05) is 12.1 Å². The van der Waals surface area contributed by atoms with Crippen LogP contribution in [0.5, 0.6) is 0 Å². The number of amides is 1. The molecule has 0 aliphatic heterocycles. The molecule has 1 aromatic rings. The van der Waals surface area contributed by atoms with Crippen molar-refractivity contribution in [2.45, 2.75) is 57.5 Å². The SMILES string of the molecule is CCCc1ccc(C(=O)NC2CCC(N)CC2)cc1.Cl. The molecule has 1 amide bonds. The monoisotopic (exact) mass is 296 g/mol. The van der Waals surface area contributed by atoms with Gasteiger partial charge < -0.3 is 11.1 Å². The molecule has 0 radical (unpaired) electrons. The first-order chi connectivity index (χ1) is 9.19. The molecule has 3 nitrogen and oxygen atoms in total.